The van der Waals surface area contributed by atoms with E-state index in [1.807, 2.05) is 0 Å². The van der Waals surface area contributed by atoms with Crippen LogP contribution >= 0.6 is 0 Å². The number of hydrogen-bond donors (Lipinski definition) is 2. The molecule has 4 N–H and O–H groups in total. The fourth-order valence-corrected chi connectivity index (χ4v) is 5.65. The molecule has 0 aliphatic carbocycles. The highest BCUT2D eigenvalue weighted by molar-refractivity contribution is 5.83. The van der Waals surface area contributed by atoms with Crippen LogP contribution in [-0.2, 0) is 57.5 Å². The Morgan fingerprint density at radius 1 is 0.618 bits per heavy atom. The number of nitrogens with two attached hydrogens (primary N) is 2. The number of ether oxygens (including phenoxy) is 4. The van der Waals surface area contributed by atoms with E-state index in [1.54, 1.807) is 0 Å². The summed E-state index contributed by atoms with van der Waals surface area (Å²) in [6.07, 6.45) is 6.45. The predicted octanol–water partition coefficient (Wildman–Crippen LogP) is 3.41. The zero-order valence-electron chi connectivity index (χ0n) is 20.3. The molecule has 0 spiro atoms. The van der Waals surface area contributed by atoms with Crippen molar-refractivity contribution in [3.8, 4) is 11.1 Å². The number of hydrogen-bond acceptors (Lipinski definition) is 6. The van der Waals surface area contributed by atoms with E-state index in [2.05, 4.69) is 26.0 Å². The van der Waals surface area contributed by atoms with Crippen molar-refractivity contribution in [3.63, 3.8) is 0 Å². The van der Waals surface area contributed by atoms with Crippen LogP contribution in [-0.4, -0.2) is 50.8 Å². The molecule has 182 valence electrons. The molecule has 0 radical (unpaired) electrons. The van der Waals surface area contributed by atoms with Crippen molar-refractivity contribution in [1.29, 1.82) is 0 Å². The average Bonchev–Trinajstić information content (AvgIpc) is 3.64. The fourth-order valence-electron chi connectivity index (χ4n) is 5.65. The van der Waals surface area contributed by atoms with Gasteiger partial charge in [0.25, 0.3) is 0 Å². The first-order valence-corrected chi connectivity index (χ1v) is 12.9. The van der Waals surface area contributed by atoms with E-state index in [-0.39, 0.29) is 24.4 Å². The Hall–Kier alpha value is -2.12. The topological polar surface area (TPSA) is 102 Å². The van der Waals surface area contributed by atoms with Crippen molar-refractivity contribution in [3.05, 3.63) is 45.5 Å². The number of nitrogen functional groups attached to an aromatic ring is 2. The minimum Gasteiger partial charge on any atom is -0.398 e. The van der Waals surface area contributed by atoms with E-state index in [4.69, 9.17) is 30.4 Å². The van der Waals surface area contributed by atoms with Gasteiger partial charge in [0.05, 0.1) is 50.8 Å². The molecule has 4 unspecified atom stereocenters. The fraction of sp³-hybridized carbons (Fsp3) is 0.571. The Balaban J connectivity index is 1.62. The molecular formula is C28H36N2O4. The first kappa shape index (κ1) is 22.4. The zero-order valence-corrected chi connectivity index (χ0v) is 20.3. The molecule has 6 heteroatoms. The van der Waals surface area contributed by atoms with Crippen molar-refractivity contribution in [1.82, 2.24) is 0 Å². The molecule has 34 heavy (non-hydrogen) atoms. The van der Waals surface area contributed by atoms with Gasteiger partial charge in [-0.15, -0.1) is 0 Å². The molecule has 6 rings (SSSR count). The van der Waals surface area contributed by atoms with Gasteiger partial charge in [0.1, 0.15) is 0 Å². The maximum Gasteiger partial charge on any atom is 0.0851 e. The summed E-state index contributed by atoms with van der Waals surface area (Å²) in [5.41, 5.74) is 25.7. The van der Waals surface area contributed by atoms with Crippen molar-refractivity contribution in [2.45, 2.75) is 76.8 Å². The Morgan fingerprint density at radius 2 is 1.06 bits per heavy atom. The lowest BCUT2D eigenvalue weighted by Gasteiger charge is -2.27. The highest BCUT2D eigenvalue weighted by atomic mass is 16.6. The Bertz CT molecular complexity index is 1100. The Kier molecular flexibility index (Phi) is 5.80. The summed E-state index contributed by atoms with van der Waals surface area (Å²) < 4.78 is 22.8. The van der Waals surface area contributed by atoms with E-state index in [0.717, 1.165) is 76.3 Å². The third-order valence-electron chi connectivity index (χ3n) is 7.76. The second kappa shape index (κ2) is 8.83. The third-order valence-corrected chi connectivity index (χ3v) is 7.76. The van der Waals surface area contributed by atoms with Gasteiger partial charge in [-0.2, -0.15) is 0 Å². The molecule has 2 aromatic carbocycles. The summed E-state index contributed by atoms with van der Waals surface area (Å²) in [7, 11) is 0. The monoisotopic (exact) mass is 464 g/mol. The van der Waals surface area contributed by atoms with Crippen molar-refractivity contribution < 1.29 is 18.9 Å². The van der Waals surface area contributed by atoms with Gasteiger partial charge in [-0.05, 0) is 63.4 Å². The molecular weight excluding hydrogens is 428 g/mol. The first-order valence-electron chi connectivity index (χ1n) is 12.9. The Morgan fingerprint density at radius 3 is 1.53 bits per heavy atom. The quantitative estimate of drug-likeness (QED) is 0.390. The number of rotatable bonds is 11. The molecule has 0 saturated carbocycles. The minimum absolute atomic E-state index is 0.268. The van der Waals surface area contributed by atoms with Crippen LogP contribution < -0.4 is 11.5 Å². The molecule has 2 aromatic rings. The molecule has 4 atom stereocenters. The minimum atomic E-state index is 0.268. The van der Waals surface area contributed by atoms with E-state index in [9.17, 15) is 0 Å². The van der Waals surface area contributed by atoms with Crippen LogP contribution in [0.3, 0.4) is 0 Å². The van der Waals surface area contributed by atoms with Crippen molar-refractivity contribution in [2.24, 2.45) is 0 Å². The Labute approximate surface area is 201 Å². The molecule has 4 saturated heterocycles. The SMILES string of the molecule is CCc1c(N)ccc(-c2c(CC3CO3)c(CC)c(N)c(CC3CO3)c2CC2CO2)c1CC1CO1. The second-order valence-electron chi connectivity index (χ2n) is 10.2. The van der Waals surface area contributed by atoms with E-state index >= 15 is 0 Å². The summed E-state index contributed by atoms with van der Waals surface area (Å²) in [5, 5.41) is 0. The summed E-state index contributed by atoms with van der Waals surface area (Å²) >= 11 is 0. The summed E-state index contributed by atoms with van der Waals surface area (Å²) in [6.45, 7) is 7.70. The smallest absolute Gasteiger partial charge is 0.0851 e. The van der Waals surface area contributed by atoms with Gasteiger partial charge in [0, 0.05) is 37.1 Å². The normalized spacial score (nSPS) is 26.5. The predicted molar refractivity (Wildman–Crippen MR) is 133 cm³/mol. The number of epoxide rings is 4. The molecule has 4 heterocycles. The summed E-state index contributed by atoms with van der Waals surface area (Å²) in [6, 6.07) is 4.33. The van der Waals surface area contributed by atoms with Gasteiger partial charge >= 0.3 is 0 Å². The van der Waals surface area contributed by atoms with Gasteiger partial charge in [-0.3, -0.25) is 0 Å². The maximum atomic E-state index is 6.94. The van der Waals surface area contributed by atoms with Crippen LogP contribution in [0.2, 0.25) is 0 Å². The van der Waals surface area contributed by atoms with Crippen LogP contribution in [0.1, 0.15) is 47.2 Å². The largest absolute Gasteiger partial charge is 0.398 e. The highest BCUT2D eigenvalue weighted by Crippen LogP contribution is 2.45. The second-order valence-corrected chi connectivity index (χ2v) is 10.2. The molecule has 4 aliphatic heterocycles. The molecule has 0 aromatic heterocycles. The number of benzene rings is 2. The van der Waals surface area contributed by atoms with Gasteiger partial charge in [-0.1, -0.05) is 19.9 Å². The molecule has 4 fully saturated rings. The van der Waals surface area contributed by atoms with Gasteiger partial charge in [0.15, 0.2) is 0 Å². The van der Waals surface area contributed by atoms with Crippen molar-refractivity contribution in [2.75, 3.05) is 37.9 Å². The van der Waals surface area contributed by atoms with Crippen LogP contribution in [0, 0.1) is 0 Å². The maximum absolute atomic E-state index is 6.94. The van der Waals surface area contributed by atoms with E-state index in [0.29, 0.717) is 0 Å². The molecule has 0 bridgehead atoms. The average molecular weight is 465 g/mol. The number of anilines is 2. The van der Waals surface area contributed by atoms with E-state index < -0.39 is 0 Å². The molecule has 4 aliphatic rings. The van der Waals surface area contributed by atoms with E-state index in [1.165, 1.54) is 44.5 Å². The summed E-state index contributed by atoms with van der Waals surface area (Å²) in [5.74, 6) is 0. The van der Waals surface area contributed by atoms with Gasteiger partial charge in [0.2, 0.25) is 0 Å². The highest BCUT2D eigenvalue weighted by Gasteiger charge is 2.36. The molecule has 0 amide bonds. The van der Waals surface area contributed by atoms with Crippen LogP contribution in [0.15, 0.2) is 12.1 Å². The lowest BCUT2D eigenvalue weighted by atomic mass is 9.78. The standard InChI is InChI=1S/C28H36N2O4/c1-3-19-22(7-15-11-31-15)21(5-6-26(19)29)27-23(8-16-12-32-16)20(4-2)28(30)25(10-18-14-34-18)24(27)9-17-13-33-17/h5-6,15-18H,3-4,7-14,29-30H2,1-2H3. The van der Waals surface area contributed by atoms with Gasteiger partial charge < -0.3 is 30.4 Å². The van der Waals surface area contributed by atoms with Crippen LogP contribution in [0.5, 0.6) is 0 Å². The van der Waals surface area contributed by atoms with Gasteiger partial charge in [-0.25, -0.2) is 0 Å². The third kappa shape index (κ3) is 4.44. The molecule has 6 nitrogen and oxygen atoms in total. The lowest BCUT2D eigenvalue weighted by molar-refractivity contribution is 0.401. The van der Waals surface area contributed by atoms with Crippen LogP contribution in [0.25, 0.3) is 11.1 Å². The lowest BCUT2D eigenvalue weighted by Crippen LogP contribution is -2.16. The van der Waals surface area contributed by atoms with Crippen molar-refractivity contribution >= 4 is 11.4 Å². The van der Waals surface area contributed by atoms with Crippen LogP contribution in [0.4, 0.5) is 11.4 Å². The summed E-state index contributed by atoms with van der Waals surface area (Å²) in [4.78, 5) is 0. The zero-order chi connectivity index (χ0) is 23.4. The first-order chi connectivity index (χ1) is 16.6.